The molecule has 6 heteroatoms. The molecule has 3 aromatic carbocycles. The Labute approximate surface area is 208 Å². The van der Waals surface area contributed by atoms with Crippen LogP contribution < -0.4 is 0 Å². The lowest BCUT2D eigenvalue weighted by Gasteiger charge is -2.14. The van der Waals surface area contributed by atoms with E-state index in [4.69, 9.17) is 4.74 Å². The molecule has 0 atom stereocenters. The maximum absolute atomic E-state index is 13.8. The molecule has 1 heterocycles. The summed E-state index contributed by atoms with van der Waals surface area (Å²) >= 11 is 0. The number of hydrogen-bond acceptors (Lipinski definition) is 2. The standard InChI is InChI=1S/C30H25F3N2O/c1-20-7-8-26(21(2)15-20)19-35-28(17-27(29(35)18-34)30(31,32)33)24-11-9-23(10-12-24)25-6-4-5-22(16-25)13-14-36-3/h4-17H,19H2,1-3H3/b14-13+. The first-order valence-electron chi connectivity index (χ1n) is 11.4. The van der Waals surface area contributed by atoms with Crippen molar-refractivity contribution in [2.24, 2.45) is 0 Å². The second-order valence-electron chi connectivity index (χ2n) is 8.66. The Kier molecular flexibility index (Phi) is 7.03. The third kappa shape index (κ3) is 5.21. The number of methoxy groups -OCH3 is 1. The monoisotopic (exact) mass is 486 g/mol. The molecule has 0 N–H and O–H groups in total. The van der Waals surface area contributed by atoms with Crippen molar-refractivity contribution in [1.82, 2.24) is 4.57 Å². The van der Waals surface area contributed by atoms with Gasteiger partial charge in [0.1, 0.15) is 11.8 Å². The number of halogens is 3. The van der Waals surface area contributed by atoms with Crippen LogP contribution in [0.2, 0.25) is 0 Å². The Morgan fingerprint density at radius 2 is 1.64 bits per heavy atom. The SMILES string of the molecule is CO/C=C/c1cccc(-c2ccc(-c3cc(C(F)(F)F)c(C#N)n3Cc3ccc(C)cc3C)cc2)c1. The molecule has 0 aliphatic carbocycles. The van der Waals surface area contributed by atoms with E-state index < -0.39 is 11.7 Å². The van der Waals surface area contributed by atoms with Gasteiger partial charge in [-0.05, 0) is 65.4 Å². The molecule has 0 saturated carbocycles. The Hall–Kier alpha value is -4.24. The first kappa shape index (κ1) is 24.9. The number of aryl methyl sites for hydroxylation is 2. The molecule has 0 spiro atoms. The van der Waals surface area contributed by atoms with E-state index in [1.807, 2.05) is 74.5 Å². The second-order valence-corrected chi connectivity index (χ2v) is 8.66. The molecular weight excluding hydrogens is 461 g/mol. The number of benzene rings is 3. The minimum atomic E-state index is -4.64. The molecule has 4 aromatic rings. The van der Waals surface area contributed by atoms with Crippen LogP contribution in [0, 0.1) is 25.2 Å². The highest BCUT2D eigenvalue weighted by atomic mass is 19.4. The van der Waals surface area contributed by atoms with E-state index in [0.29, 0.717) is 11.3 Å². The molecular formula is C30H25F3N2O. The molecule has 0 aliphatic rings. The summed E-state index contributed by atoms with van der Waals surface area (Å²) in [5, 5.41) is 9.71. The van der Waals surface area contributed by atoms with Crippen molar-refractivity contribution in [3.63, 3.8) is 0 Å². The number of aromatic nitrogens is 1. The van der Waals surface area contributed by atoms with Crippen molar-refractivity contribution >= 4 is 6.08 Å². The first-order chi connectivity index (χ1) is 17.2. The molecule has 4 rings (SSSR count). The Morgan fingerprint density at radius 1 is 0.917 bits per heavy atom. The predicted molar refractivity (Wildman–Crippen MR) is 136 cm³/mol. The molecule has 0 fully saturated rings. The smallest absolute Gasteiger partial charge is 0.419 e. The zero-order valence-electron chi connectivity index (χ0n) is 20.2. The zero-order chi connectivity index (χ0) is 25.9. The van der Waals surface area contributed by atoms with Gasteiger partial charge in [0.25, 0.3) is 0 Å². The number of hydrogen-bond donors (Lipinski definition) is 0. The summed E-state index contributed by atoms with van der Waals surface area (Å²) in [5.74, 6) is 0. The highest BCUT2D eigenvalue weighted by molar-refractivity contribution is 5.72. The van der Waals surface area contributed by atoms with Crippen molar-refractivity contribution in [2.45, 2.75) is 26.6 Å². The van der Waals surface area contributed by atoms with Crippen LogP contribution in [0.15, 0.2) is 79.1 Å². The Morgan fingerprint density at radius 3 is 2.28 bits per heavy atom. The highest BCUT2D eigenvalue weighted by Gasteiger charge is 2.37. The fourth-order valence-corrected chi connectivity index (χ4v) is 4.28. The normalized spacial score (nSPS) is 11.6. The minimum absolute atomic E-state index is 0.163. The Balaban J connectivity index is 1.78. The van der Waals surface area contributed by atoms with Gasteiger partial charge in [0, 0.05) is 12.2 Å². The van der Waals surface area contributed by atoms with Crippen LogP contribution in [0.1, 0.15) is 33.5 Å². The third-order valence-electron chi connectivity index (χ3n) is 6.13. The van der Waals surface area contributed by atoms with Crippen molar-refractivity contribution < 1.29 is 17.9 Å². The molecule has 0 radical (unpaired) electrons. The second kappa shape index (κ2) is 10.2. The fourth-order valence-electron chi connectivity index (χ4n) is 4.28. The van der Waals surface area contributed by atoms with Crippen molar-refractivity contribution in [3.8, 4) is 28.5 Å². The average Bonchev–Trinajstić information content (AvgIpc) is 3.23. The summed E-state index contributed by atoms with van der Waals surface area (Å²) in [4.78, 5) is 0. The van der Waals surface area contributed by atoms with Crippen LogP contribution >= 0.6 is 0 Å². The van der Waals surface area contributed by atoms with Gasteiger partial charge in [0.05, 0.1) is 18.9 Å². The van der Waals surface area contributed by atoms with E-state index >= 15 is 0 Å². The highest BCUT2D eigenvalue weighted by Crippen LogP contribution is 2.38. The molecule has 0 aliphatic heterocycles. The summed E-state index contributed by atoms with van der Waals surface area (Å²) < 4.78 is 48.0. The molecule has 0 amide bonds. The first-order valence-corrected chi connectivity index (χ1v) is 11.4. The van der Waals surface area contributed by atoms with Crippen LogP contribution in [0.5, 0.6) is 0 Å². The van der Waals surface area contributed by atoms with Gasteiger partial charge in [0.2, 0.25) is 0 Å². The summed E-state index contributed by atoms with van der Waals surface area (Å²) in [6.07, 6.45) is -1.19. The molecule has 1 aromatic heterocycles. The maximum Gasteiger partial charge on any atom is 0.419 e. The summed E-state index contributed by atoms with van der Waals surface area (Å²) in [6.45, 7) is 4.05. The van der Waals surface area contributed by atoms with Gasteiger partial charge in [-0.3, -0.25) is 0 Å². The number of alkyl halides is 3. The lowest BCUT2D eigenvalue weighted by molar-refractivity contribution is -0.137. The number of nitriles is 1. The summed E-state index contributed by atoms with van der Waals surface area (Å²) in [5.41, 5.74) is 5.39. The largest absolute Gasteiger partial charge is 0.504 e. The number of rotatable bonds is 6. The number of ether oxygens (including phenoxy) is 1. The van der Waals surface area contributed by atoms with Gasteiger partial charge >= 0.3 is 6.18 Å². The average molecular weight is 487 g/mol. The van der Waals surface area contributed by atoms with E-state index in [9.17, 15) is 18.4 Å². The molecule has 3 nitrogen and oxygen atoms in total. The Bertz CT molecular complexity index is 1460. The maximum atomic E-state index is 13.8. The van der Waals surface area contributed by atoms with Crippen LogP contribution in [0.4, 0.5) is 13.2 Å². The van der Waals surface area contributed by atoms with Crippen LogP contribution in [-0.4, -0.2) is 11.7 Å². The predicted octanol–water partition coefficient (Wildman–Crippen LogP) is 7.99. The van der Waals surface area contributed by atoms with E-state index in [2.05, 4.69) is 0 Å². The van der Waals surface area contributed by atoms with Crippen molar-refractivity contribution in [1.29, 1.82) is 5.26 Å². The van der Waals surface area contributed by atoms with E-state index in [0.717, 1.165) is 39.4 Å². The van der Waals surface area contributed by atoms with Crippen molar-refractivity contribution in [2.75, 3.05) is 7.11 Å². The third-order valence-corrected chi connectivity index (χ3v) is 6.13. The van der Waals surface area contributed by atoms with Crippen LogP contribution in [0.25, 0.3) is 28.5 Å². The number of nitrogens with zero attached hydrogens (tertiary/aromatic N) is 2. The zero-order valence-corrected chi connectivity index (χ0v) is 20.2. The molecule has 0 saturated heterocycles. The summed E-state index contributed by atoms with van der Waals surface area (Å²) in [7, 11) is 1.58. The van der Waals surface area contributed by atoms with Crippen LogP contribution in [-0.2, 0) is 17.5 Å². The minimum Gasteiger partial charge on any atom is -0.504 e. The van der Waals surface area contributed by atoms with Gasteiger partial charge in [-0.1, -0.05) is 66.2 Å². The van der Waals surface area contributed by atoms with E-state index in [-0.39, 0.29) is 12.2 Å². The lowest BCUT2D eigenvalue weighted by atomic mass is 10.0. The summed E-state index contributed by atoms with van der Waals surface area (Å²) in [6, 6.07) is 23.9. The topological polar surface area (TPSA) is 37.9 Å². The lowest BCUT2D eigenvalue weighted by Crippen LogP contribution is -2.10. The fraction of sp³-hybridized carbons (Fsp3) is 0.167. The van der Waals surface area contributed by atoms with Gasteiger partial charge < -0.3 is 9.30 Å². The van der Waals surface area contributed by atoms with Crippen molar-refractivity contribution in [3.05, 3.63) is 113 Å². The molecule has 0 unspecified atom stereocenters. The van der Waals surface area contributed by atoms with Gasteiger partial charge in [0.15, 0.2) is 0 Å². The molecule has 0 bridgehead atoms. The van der Waals surface area contributed by atoms with Crippen LogP contribution in [0.3, 0.4) is 0 Å². The molecule has 182 valence electrons. The van der Waals surface area contributed by atoms with Gasteiger partial charge in [-0.25, -0.2) is 0 Å². The van der Waals surface area contributed by atoms with Gasteiger partial charge in [-0.15, -0.1) is 0 Å². The van der Waals surface area contributed by atoms with E-state index in [1.54, 1.807) is 31.6 Å². The van der Waals surface area contributed by atoms with E-state index in [1.165, 1.54) is 4.57 Å². The quantitative estimate of drug-likeness (QED) is 0.259. The van der Waals surface area contributed by atoms with Gasteiger partial charge in [-0.2, -0.15) is 18.4 Å². The molecule has 36 heavy (non-hydrogen) atoms.